The maximum atomic E-state index is 7.45. The second kappa shape index (κ2) is 41.8. The van der Waals surface area contributed by atoms with Crippen molar-refractivity contribution in [1.29, 1.82) is 0 Å². The van der Waals surface area contributed by atoms with Gasteiger partial charge in [-0.2, -0.15) is 0 Å². The fraction of sp³-hybridized carbons (Fsp3) is 0.455. The van der Waals surface area contributed by atoms with Gasteiger partial charge in [-0.3, -0.25) is 18.1 Å². The molecule has 16 nitrogen and oxygen atoms in total. The number of hydrogen-bond donors (Lipinski definition) is 4. The Balaban J connectivity index is 1.05. The molecule has 8 aromatic rings. The maximum Gasteiger partial charge on any atom is 0.463 e. The van der Waals surface area contributed by atoms with Gasteiger partial charge in [0.05, 0.1) is 26.4 Å². The highest BCUT2D eigenvalue weighted by Gasteiger charge is 2.42. The predicted molar refractivity (Wildman–Crippen MR) is 443 cm³/mol. The Hall–Kier alpha value is -7.08. The lowest BCUT2D eigenvalue weighted by Gasteiger charge is -2.36. The van der Waals surface area contributed by atoms with Crippen LogP contribution in [0, 0.1) is 0 Å². The van der Waals surface area contributed by atoms with Gasteiger partial charge in [0.15, 0.2) is 0 Å². The molecule has 108 heavy (non-hydrogen) atoms. The molecule has 20 heteroatoms. The Morgan fingerprint density at radius 2 is 0.426 bits per heavy atom. The zero-order chi connectivity index (χ0) is 73.9. The molecule has 0 saturated heterocycles. The van der Waals surface area contributed by atoms with Gasteiger partial charge in [-0.25, -0.2) is 0 Å². The van der Waals surface area contributed by atoms with Gasteiger partial charge in [-0.15, -0.1) is 0 Å². The van der Waals surface area contributed by atoms with Crippen LogP contribution >= 0.6 is 34.4 Å². The molecule has 0 amide bonds. The summed E-state index contributed by atoms with van der Waals surface area (Å²) in [6.07, 6.45) is 25.4. The fourth-order valence-corrected chi connectivity index (χ4v) is 19.4. The van der Waals surface area contributed by atoms with Crippen molar-refractivity contribution >= 4 is 57.2 Å². The SMILES string of the molecule is CCCCCCCC1c2cc3c4cc2OP(OCCNc2ccccc2)Oc2cc5c(cc21)C(CCCCCCC)c1cc2c(cc1OP(OCCNc1ccccc1)O5)OP(OCCNc1ccccc1)Oc1cc(c(cc1C2CCCCCCC)C3CCCCCCC)OP(OCCNc1ccccc1)O4. The molecule has 1 aliphatic carbocycles. The molecule has 0 unspecified atom stereocenters. The summed E-state index contributed by atoms with van der Waals surface area (Å²) in [4.78, 5) is 0. The van der Waals surface area contributed by atoms with E-state index in [4.69, 9.17) is 54.3 Å². The molecule has 8 aromatic carbocycles. The van der Waals surface area contributed by atoms with Gasteiger partial charge in [0.1, 0.15) is 46.0 Å². The number of para-hydroxylation sites is 4. The summed E-state index contributed by atoms with van der Waals surface area (Å²) in [5, 5.41) is 14.3. The number of anilines is 4. The van der Waals surface area contributed by atoms with Crippen LogP contribution in [0.25, 0.3) is 0 Å². The molecule has 0 radical (unpaired) electrons. The predicted octanol–water partition coefficient (Wildman–Crippen LogP) is 26.5. The van der Waals surface area contributed by atoms with Crippen LogP contribution in [0.4, 0.5) is 22.7 Å². The van der Waals surface area contributed by atoms with Crippen LogP contribution in [-0.2, 0) is 18.1 Å². The molecule has 0 spiro atoms. The van der Waals surface area contributed by atoms with Crippen molar-refractivity contribution in [3.05, 3.63) is 214 Å². The van der Waals surface area contributed by atoms with Gasteiger partial charge in [-0.1, -0.05) is 229 Å². The van der Waals surface area contributed by atoms with Crippen LogP contribution in [-0.4, -0.2) is 52.6 Å². The lowest BCUT2D eigenvalue weighted by atomic mass is 9.76. The van der Waals surface area contributed by atoms with Gasteiger partial charge in [0, 0.05) is 141 Å². The van der Waals surface area contributed by atoms with E-state index >= 15 is 0 Å². The van der Waals surface area contributed by atoms with Gasteiger partial charge >= 0.3 is 34.4 Å². The summed E-state index contributed by atoms with van der Waals surface area (Å²) in [6, 6.07) is 59.2. The zero-order valence-corrected chi connectivity index (χ0v) is 67.4. The van der Waals surface area contributed by atoms with Crippen molar-refractivity contribution in [3.63, 3.8) is 0 Å². The van der Waals surface area contributed by atoms with E-state index in [-0.39, 0.29) is 50.1 Å². The largest absolute Gasteiger partial charge is 0.463 e. The third-order valence-corrected chi connectivity index (χ3v) is 25.3. The first-order valence-electron chi connectivity index (χ1n) is 40.4. The topological polar surface area (TPSA) is 159 Å². The molecule has 8 bridgehead atoms. The summed E-state index contributed by atoms with van der Waals surface area (Å²) in [7, 11) is -8.57. The van der Waals surface area contributed by atoms with Crippen LogP contribution in [0.15, 0.2) is 170 Å². The lowest BCUT2D eigenvalue weighted by molar-refractivity contribution is 0.265. The third-order valence-electron chi connectivity index (χ3n) is 20.9. The van der Waals surface area contributed by atoms with E-state index in [2.05, 4.69) is 146 Å². The van der Waals surface area contributed by atoms with Crippen LogP contribution in [0.5, 0.6) is 46.0 Å². The van der Waals surface area contributed by atoms with Gasteiger partial charge in [-0.05, 0) is 98.5 Å². The van der Waals surface area contributed by atoms with E-state index in [0.29, 0.717) is 72.2 Å². The Morgan fingerprint density at radius 3 is 0.611 bits per heavy atom. The Labute approximate surface area is 647 Å². The molecule has 4 heterocycles. The number of unbranched alkanes of at least 4 members (excludes halogenated alkanes) is 16. The number of nitrogens with one attached hydrogen (secondary N) is 4. The minimum Gasteiger partial charge on any atom is -0.417 e. The quantitative estimate of drug-likeness (QED) is 0.0211. The second-order valence-electron chi connectivity index (χ2n) is 28.9. The lowest BCUT2D eigenvalue weighted by Crippen LogP contribution is -2.20. The van der Waals surface area contributed by atoms with Crippen molar-refractivity contribution in [2.45, 2.75) is 205 Å². The molecule has 4 N–H and O–H groups in total. The van der Waals surface area contributed by atoms with E-state index in [0.717, 1.165) is 196 Å². The second-order valence-corrected chi connectivity index (χ2v) is 33.1. The molecule has 0 saturated carbocycles. The summed E-state index contributed by atoms with van der Waals surface area (Å²) >= 11 is 0. The molecule has 0 aromatic heterocycles. The third kappa shape index (κ3) is 21.7. The maximum absolute atomic E-state index is 7.45. The summed E-state index contributed by atoms with van der Waals surface area (Å²) in [6.45, 7) is 12.3. The highest BCUT2D eigenvalue weighted by Crippen LogP contribution is 2.63. The minimum atomic E-state index is -2.14. The molecule has 0 fully saturated rings. The number of hydrogen-bond acceptors (Lipinski definition) is 16. The summed E-state index contributed by atoms with van der Waals surface area (Å²) in [5.74, 6) is 4.38. The van der Waals surface area contributed by atoms with E-state index in [1.165, 1.54) is 25.7 Å². The van der Waals surface area contributed by atoms with Crippen molar-refractivity contribution < 1.29 is 54.3 Å². The average Bonchev–Trinajstić information content (AvgIpc) is 0.733. The molecule has 576 valence electrons. The van der Waals surface area contributed by atoms with Crippen LogP contribution in [0.3, 0.4) is 0 Å². The van der Waals surface area contributed by atoms with Crippen molar-refractivity contribution in [2.75, 3.05) is 73.9 Å². The highest BCUT2D eigenvalue weighted by molar-refractivity contribution is 7.43. The van der Waals surface area contributed by atoms with Crippen LogP contribution in [0.1, 0.15) is 250 Å². The normalized spacial score (nSPS) is 19.0. The highest BCUT2D eigenvalue weighted by atomic mass is 31.2. The summed E-state index contributed by atoms with van der Waals surface area (Å²) in [5.41, 5.74) is 12.5. The standard InChI is InChI=1S/C88H112N4O12P4/c1-5-9-13-17-33-45-69-73-57-75-70(46-34-18-14-10-6-2)77-59-79-72(48-36-20-16-12-8-4)80-60-78-71(47-35-19-15-11-7-3)76-58-74(69)82-62-84(76)100-107(95-55-51-91-67-41-29-23-30-42-67)102-86(78)64-88(80)104-108(96-56-52-92-68-43-31-24-32-44-68)103-87(79)63-85(77)101-106(94-54-50-90-66-39-27-22-28-40-66)99-83(75)61-81(73)97-105(98-82)93-53-49-89-65-37-25-21-26-38-65/h21-32,37-44,57-64,69-72,89-92H,5-20,33-36,45-56H2,1-4H3. The Kier molecular flexibility index (Phi) is 30.6. The van der Waals surface area contributed by atoms with Gasteiger partial charge < -0.3 is 57.5 Å². The molecule has 5 aliphatic rings. The first kappa shape index (κ1) is 79.0. The van der Waals surface area contributed by atoms with Crippen LogP contribution < -0.4 is 57.5 Å². The monoisotopic (exact) mass is 1540 g/mol. The van der Waals surface area contributed by atoms with Crippen molar-refractivity contribution in [1.82, 2.24) is 0 Å². The minimum absolute atomic E-state index is 0.207. The summed E-state index contributed by atoms with van der Waals surface area (Å²) < 4.78 is 87.4. The van der Waals surface area contributed by atoms with Crippen LogP contribution in [0.2, 0.25) is 0 Å². The molecule has 4 aliphatic heterocycles. The fourth-order valence-electron chi connectivity index (χ4n) is 15.3. The van der Waals surface area contributed by atoms with Gasteiger partial charge in [0.25, 0.3) is 0 Å². The molecule has 13 rings (SSSR count). The first-order chi connectivity index (χ1) is 53.4. The van der Waals surface area contributed by atoms with Crippen molar-refractivity contribution in [3.8, 4) is 46.0 Å². The molecular formula is C88H112N4O12P4. The number of benzene rings is 8. The van der Waals surface area contributed by atoms with E-state index in [1.54, 1.807) is 0 Å². The first-order valence-corrected chi connectivity index (χ1v) is 44.8. The Morgan fingerprint density at radius 1 is 0.241 bits per heavy atom. The molecule has 0 atom stereocenters. The number of rotatable bonds is 44. The van der Waals surface area contributed by atoms with Crippen molar-refractivity contribution in [2.24, 2.45) is 0 Å². The van der Waals surface area contributed by atoms with E-state index in [1.807, 2.05) is 72.8 Å². The zero-order valence-electron chi connectivity index (χ0n) is 63.8. The smallest absolute Gasteiger partial charge is 0.417 e. The van der Waals surface area contributed by atoms with E-state index < -0.39 is 34.4 Å². The van der Waals surface area contributed by atoms with E-state index in [9.17, 15) is 0 Å². The average molecular weight is 1540 g/mol. The molecular weight excluding hydrogens is 1430 g/mol. The van der Waals surface area contributed by atoms with Gasteiger partial charge in [0.2, 0.25) is 0 Å². The Bertz CT molecular complexity index is 3410.